The largest absolute Gasteiger partial charge is 0.466 e. The highest BCUT2D eigenvalue weighted by molar-refractivity contribution is 7.89. The molecule has 1 fully saturated rings. The molecule has 1 aromatic carbocycles. The third-order valence-electron chi connectivity index (χ3n) is 4.68. The van der Waals surface area contributed by atoms with Gasteiger partial charge in [-0.15, -0.1) is 0 Å². The summed E-state index contributed by atoms with van der Waals surface area (Å²) in [4.78, 5) is 25.5. The number of esters is 1. The Morgan fingerprint density at radius 2 is 2.07 bits per heavy atom. The second kappa shape index (κ2) is 9.29. The number of anilines is 1. The molecule has 0 spiro atoms. The number of likely N-dealkylation sites (tertiary alicyclic amines) is 1. The van der Waals surface area contributed by atoms with E-state index in [1.165, 1.54) is 13.1 Å². The van der Waals surface area contributed by atoms with Crippen molar-refractivity contribution in [1.82, 2.24) is 4.72 Å². The van der Waals surface area contributed by atoms with Crippen molar-refractivity contribution in [3.63, 3.8) is 0 Å². The quantitative estimate of drug-likeness (QED) is 0.547. The van der Waals surface area contributed by atoms with Crippen LogP contribution in [0.5, 0.6) is 0 Å². The van der Waals surface area contributed by atoms with Gasteiger partial charge in [-0.2, -0.15) is 0 Å². The summed E-state index contributed by atoms with van der Waals surface area (Å²) in [6.45, 7) is 5.44. The maximum absolute atomic E-state index is 12.4. The van der Waals surface area contributed by atoms with Crippen LogP contribution >= 0.6 is 0 Å². The molecule has 1 aliphatic rings. The summed E-state index contributed by atoms with van der Waals surface area (Å²) in [5.74, 6) is -0.588. The summed E-state index contributed by atoms with van der Waals surface area (Å²) in [5, 5.41) is 2.75. The van der Waals surface area contributed by atoms with Crippen molar-refractivity contribution >= 4 is 27.6 Å². The van der Waals surface area contributed by atoms with E-state index in [1.807, 2.05) is 0 Å². The normalized spacial score (nSPS) is 20.1. The van der Waals surface area contributed by atoms with Gasteiger partial charge < -0.3 is 15.0 Å². The number of piperidine rings is 1. The average Bonchev–Trinajstić information content (AvgIpc) is 2.63. The number of carbonyl (C=O) groups excluding carboxylic acids is 2. The molecule has 1 aliphatic heterocycles. The fraction of sp³-hybridized carbons (Fsp3) is 0.556. The summed E-state index contributed by atoms with van der Waals surface area (Å²) in [6, 6.07) is 4.78. The molecule has 150 valence electrons. The van der Waals surface area contributed by atoms with Gasteiger partial charge in [-0.3, -0.25) is 9.59 Å². The highest BCUT2D eigenvalue weighted by Crippen LogP contribution is 2.19. The molecule has 0 aliphatic carbocycles. The number of ether oxygens (including phenoxy) is 1. The lowest BCUT2D eigenvalue weighted by atomic mass is 9.98. The number of rotatable bonds is 7. The van der Waals surface area contributed by atoms with Gasteiger partial charge in [0.2, 0.25) is 10.0 Å². The molecular formula is C18H28N3O5S+. The maximum atomic E-state index is 12.4. The number of carbonyl (C=O) groups is 2. The van der Waals surface area contributed by atoms with Crippen LogP contribution in [0.2, 0.25) is 0 Å². The molecule has 8 nitrogen and oxygen atoms in total. The van der Waals surface area contributed by atoms with Gasteiger partial charge in [-0.1, -0.05) is 6.07 Å². The molecule has 0 radical (unpaired) electrons. The van der Waals surface area contributed by atoms with Crippen molar-refractivity contribution in [2.75, 3.05) is 38.6 Å². The second-order valence-electron chi connectivity index (χ2n) is 6.71. The summed E-state index contributed by atoms with van der Waals surface area (Å²) in [7, 11) is -2.25. The van der Waals surface area contributed by atoms with Crippen LogP contribution in [0.15, 0.2) is 23.1 Å². The Kier molecular flexibility index (Phi) is 7.34. The lowest BCUT2D eigenvalue weighted by molar-refractivity contribution is -0.899. The molecule has 1 saturated heterocycles. The summed E-state index contributed by atoms with van der Waals surface area (Å²) in [5.41, 5.74) is 1.03. The average molecular weight is 399 g/mol. The molecule has 0 aromatic heterocycles. The first-order valence-corrected chi connectivity index (χ1v) is 10.6. The molecule has 1 unspecified atom stereocenters. The number of sulfonamides is 1. The number of quaternary nitrogens is 1. The van der Waals surface area contributed by atoms with Crippen molar-refractivity contribution in [3.8, 4) is 0 Å². The topological polar surface area (TPSA) is 106 Å². The fourth-order valence-corrected chi connectivity index (χ4v) is 4.28. The van der Waals surface area contributed by atoms with Gasteiger partial charge in [-0.25, -0.2) is 13.1 Å². The first-order chi connectivity index (χ1) is 12.8. The lowest BCUT2D eigenvalue weighted by Crippen LogP contribution is -3.14. The van der Waals surface area contributed by atoms with Crippen LogP contribution in [0.1, 0.15) is 25.3 Å². The highest BCUT2D eigenvalue weighted by atomic mass is 32.2. The number of nitrogens with one attached hydrogen (secondary N) is 3. The smallest absolute Gasteiger partial charge is 0.314 e. The Bertz CT molecular complexity index is 794. The Labute approximate surface area is 160 Å². The van der Waals surface area contributed by atoms with Crippen LogP contribution in [0.3, 0.4) is 0 Å². The molecule has 27 heavy (non-hydrogen) atoms. The predicted molar refractivity (Wildman–Crippen MR) is 101 cm³/mol. The Hall–Kier alpha value is -1.97. The number of hydrogen-bond donors (Lipinski definition) is 3. The minimum atomic E-state index is -3.59. The molecule has 2 rings (SSSR count). The fourth-order valence-electron chi connectivity index (χ4n) is 3.28. The summed E-state index contributed by atoms with van der Waals surface area (Å²) >= 11 is 0. The van der Waals surface area contributed by atoms with E-state index >= 15 is 0 Å². The lowest BCUT2D eigenvalue weighted by Gasteiger charge is -2.28. The van der Waals surface area contributed by atoms with Crippen LogP contribution in [0.25, 0.3) is 0 Å². The van der Waals surface area contributed by atoms with E-state index < -0.39 is 10.0 Å². The molecule has 0 bridgehead atoms. The van der Waals surface area contributed by atoms with Gasteiger partial charge in [0.05, 0.1) is 24.6 Å². The molecule has 1 amide bonds. The van der Waals surface area contributed by atoms with Crippen molar-refractivity contribution in [3.05, 3.63) is 23.8 Å². The SMILES string of the molecule is CCOC(=O)[C@@H]1CCC[NH+](CC(=O)Nc2ccc(C)c(S(=O)(=O)NC)c2)C1. The van der Waals surface area contributed by atoms with Crippen molar-refractivity contribution < 1.29 is 27.6 Å². The van der Waals surface area contributed by atoms with E-state index in [0.717, 1.165) is 24.3 Å². The molecule has 9 heteroatoms. The van der Waals surface area contributed by atoms with Gasteiger partial charge in [0.15, 0.2) is 6.54 Å². The third kappa shape index (κ3) is 5.75. The molecule has 3 N–H and O–H groups in total. The Morgan fingerprint density at radius 1 is 1.33 bits per heavy atom. The van der Waals surface area contributed by atoms with Crippen molar-refractivity contribution in [2.45, 2.75) is 31.6 Å². The molecule has 2 atom stereocenters. The van der Waals surface area contributed by atoms with E-state index in [4.69, 9.17) is 4.74 Å². The first kappa shape index (κ1) is 21.3. The highest BCUT2D eigenvalue weighted by Gasteiger charge is 2.30. The van der Waals surface area contributed by atoms with Gasteiger partial charge in [0, 0.05) is 5.69 Å². The Balaban J connectivity index is 2.00. The summed E-state index contributed by atoms with van der Waals surface area (Å²) in [6.07, 6.45) is 1.65. The van der Waals surface area contributed by atoms with Gasteiger partial charge in [-0.05, 0) is 51.4 Å². The first-order valence-electron chi connectivity index (χ1n) is 9.11. The monoisotopic (exact) mass is 398 g/mol. The minimum absolute atomic E-state index is 0.135. The predicted octanol–water partition coefficient (Wildman–Crippen LogP) is -0.300. The minimum Gasteiger partial charge on any atom is -0.466 e. The standard InChI is InChI=1S/C18H27N3O5S/c1-4-26-18(23)14-6-5-9-21(11-14)12-17(22)20-15-8-7-13(2)16(10-15)27(24,25)19-3/h7-8,10,14,19H,4-6,9,11-12H2,1-3H3,(H,20,22)/p+1/t14-/m1/s1. The van der Waals surface area contributed by atoms with Gasteiger partial charge >= 0.3 is 5.97 Å². The van der Waals surface area contributed by atoms with Crippen LogP contribution < -0.4 is 14.9 Å². The molecule has 0 saturated carbocycles. The van der Waals surface area contributed by atoms with E-state index in [-0.39, 0.29) is 29.2 Å². The third-order valence-corrected chi connectivity index (χ3v) is 6.23. The zero-order valence-electron chi connectivity index (χ0n) is 16.0. The second-order valence-corrected chi connectivity index (χ2v) is 8.56. The number of amides is 1. The van der Waals surface area contributed by atoms with Crippen LogP contribution in [-0.2, 0) is 24.3 Å². The van der Waals surface area contributed by atoms with Crippen molar-refractivity contribution in [1.29, 1.82) is 0 Å². The Morgan fingerprint density at radius 3 is 2.74 bits per heavy atom. The number of benzene rings is 1. The van der Waals surface area contributed by atoms with E-state index in [0.29, 0.717) is 24.4 Å². The zero-order valence-corrected chi connectivity index (χ0v) is 16.8. The van der Waals surface area contributed by atoms with Crippen LogP contribution in [0.4, 0.5) is 5.69 Å². The van der Waals surface area contributed by atoms with Crippen LogP contribution in [-0.4, -0.2) is 53.6 Å². The van der Waals surface area contributed by atoms with Gasteiger partial charge in [0.1, 0.15) is 5.92 Å². The van der Waals surface area contributed by atoms with Gasteiger partial charge in [0.25, 0.3) is 5.91 Å². The van der Waals surface area contributed by atoms with E-state index in [1.54, 1.807) is 26.0 Å². The zero-order chi connectivity index (χ0) is 20.0. The number of aryl methyl sites for hydroxylation is 1. The summed E-state index contributed by atoms with van der Waals surface area (Å²) < 4.78 is 31.5. The molecule has 1 heterocycles. The van der Waals surface area contributed by atoms with Crippen LogP contribution in [0, 0.1) is 12.8 Å². The van der Waals surface area contributed by atoms with Crippen molar-refractivity contribution in [2.24, 2.45) is 5.92 Å². The molecule has 1 aromatic rings. The van der Waals surface area contributed by atoms with E-state index in [9.17, 15) is 18.0 Å². The van der Waals surface area contributed by atoms with E-state index in [2.05, 4.69) is 10.0 Å². The molecular weight excluding hydrogens is 370 g/mol. The number of hydrogen-bond acceptors (Lipinski definition) is 5. The maximum Gasteiger partial charge on any atom is 0.314 e.